The Labute approximate surface area is 233 Å². The lowest BCUT2D eigenvalue weighted by Gasteiger charge is -2.33. The van der Waals surface area contributed by atoms with Crippen molar-refractivity contribution in [2.75, 3.05) is 19.4 Å². The van der Waals surface area contributed by atoms with Gasteiger partial charge >= 0.3 is 0 Å². The molecule has 5 rings (SSSR count). The van der Waals surface area contributed by atoms with Crippen LogP contribution in [0.1, 0.15) is 48.9 Å². The van der Waals surface area contributed by atoms with Crippen LogP contribution in [-0.4, -0.2) is 51.9 Å². The zero-order valence-corrected chi connectivity index (χ0v) is 23.3. The highest BCUT2D eigenvalue weighted by Crippen LogP contribution is 2.39. The van der Waals surface area contributed by atoms with Crippen molar-refractivity contribution in [2.45, 2.75) is 50.6 Å². The van der Waals surface area contributed by atoms with Gasteiger partial charge in [0.2, 0.25) is 0 Å². The van der Waals surface area contributed by atoms with Crippen LogP contribution in [0.5, 0.6) is 5.75 Å². The first-order valence-electron chi connectivity index (χ1n) is 11.8. The van der Waals surface area contributed by atoms with Crippen molar-refractivity contribution in [3.8, 4) is 17.0 Å². The van der Waals surface area contributed by atoms with Crippen molar-refractivity contribution >= 4 is 70.5 Å². The van der Waals surface area contributed by atoms with Crippen molar-refractivity contribution in [2.24, 2.45) is 5.92 Å². The van der Waals surface area contributed by atoms with Gasteiger partial charge in [0.1, 0.15) is 5.52 Å². The molecule has 0 spiro atoms. The first kappa shape index (κ1) is 28.7. The van der Waals surface area contributed by atoms with Crippen LogP contribution in [0, 0.1) is 5.92 Å². The molecule has 0 unspecified atom stereocenters. The number of pyridine rings is 2. The number of hydrogen-bond acceptors (Lipinski definition) is 6. The van der Waals surface area contributed by atoms with Crippen LogP contribution < -0.4 is 5.32 Å². The van der Waals surface area contributed by atoms with Gasteiger partial charge < -0.3 is 15.3 Å². The Morgan fingerprint density at radius 3 is 2.25 bits per heavy atom. The van der Waals surface area contributed by atoms with Crippen molar-refractivity contribution in [1.82, 2.24) is 14.9 Å². The lowest BCUT2D eigenvalue weighted by atomic mass is 9.90. The fraction of sp³-hybridized carbons (Fsp3) is 0.423. The molecule has 0 amide bonds. The molecule has 0 saturated heterocycles. The monoisotopic (exact) mass is 570 g/mol. The Bertz CT molecular complexity index is 1240. The molecule has 194 valence electrons. The van der Waals surface area contributed by atoms with Gasteiger partial charge in [-0.25, -0.2) is 4.98 Å². The van der Waals surface area contributed by atoms with E-state index in [0.29, 0.717) is 28.4 Å². The van der Waals surface area contributed by atoms with Gasteiger partial charge in [0.15, 0.2) is 11.5 Å². The lowest BCUT2D eigenvalue weighted by molar-refractivity contribution is 0.0968. The average Bonchev–Trinajstić information content (AvgIpc) is 3.67. The third-order valence-corrected chi connectivity index (χ3v) is 7.59. The number of rotatable bonds is 6. The number of halogens is 4. The van der Waals surface area contributed by atoms with E-state index in [0.717, 1.165) is 49.7 Å². The number of benzene rings is 1. The summed E-state index contributed by atoms with van der Waals surface area (Å²) in [6, 6.07) is 7.89. The highest BCUT2D eigenvalue weighted by Gasteiger charge is 2.33. The number of Topliss-reactive ketones (excluding diaryl/α,β-unsaturated/α-hetero) is 1. The van der Waals surface area contributed by atoms with Crippen molar-refractivity contribution in [3.05, 3.63) is 46.1 Å². The minimum atomic E-state index is -0.150. The van der Waals surface area contributed by atoms with Gasteiger partial charge in [-0.2, -0.15) is 0 Å². The molecule has 36 heavy (non-hydrogen) atoms. The van der Waals surface area contributed by atoms with Crippen molar-refractivity contribution < 1.29 is 9.90 Å². The summed E-state index contributed by atoms with van der Waals surface area (Å²) in [5, 5.41) is 14.0. The van der Waals surface area contributed by atoms with E-state index in [4.69, 9.17) is 28.2 Å². The molecule has 2 aliphatic carbocycles. The van der Waals surface area contributed by atoms with Gasteiger partial charge in [-0.05, 0) is 76.9 Å². The van der Waals surface area contributed by atoms with Crippen LogP contribution in [0.4, 0.5) is 5.69 Å². The summed E-state index contributed by atoms with van der Waals surface area (Å²) in [6.45, 7) is 0. The number of phenols is 1. The largest absolute Gasteiger partial charge is 0.505 e. The highest BCUT2D eigenvalue weighted by molar-refractivity contribution is 6.37. The second-order valence-electron chi connectivity index (χ2n) is 9.65. The van der Waals surface area contributed by atoms with E-state index in [1.807, 2.05) is 12.1 Å². The molecule has 2 N–H and O–H groups in total. The predicted molar refractivity (Wildman–Crippen MR) is 152 cm³/mol. The number of ketones is 1. The van der Waals surface area contributed by atoms with E-state index in [-0.39, 0.29) is 58.4 Å². The number of carbonyl (C=O) groups excluding carboxylic acids is 1. The third kappa shape index (κ3) is 5.84. The second-order valence-corrected chi connectivity index (χ2v) is 10.5. The third-order valence-electron chi connectivity index (χ3n) is 7.01. The van der Waals surface area contributed by atoms with Gasteiger partial charge in [-0.15, -0.1) is 24.8 Å². The molecule has 0 radical (unpaired) electrons. The molecule has 0 aliphatic heterocycles. The molecule has 2 aromatic heterocycles. The summed E-state index contributed by atoms with van der Waals surface area (Å²) >= 11 is 12.3. The molecule has 1 aromatic carbocycles. The lowest BCUT2D eigenvalue weighted by Crippen LogP contribution is -2.36. The molecule has 6 nitrogen and oxygen atoms in total. The first-order chi connectivity index (χ1) is 16.3. The van der Waals surface area contributed by atoms with E-state index >= 15 is 0 Å². The van der Waals surface area contributed by atoms with E-state index < -0.39 is 0 Å². The fourth-order valence-corrected chi connectivity index (χ4v) is 5.27. The van der Waals surface area contributed by atoms with E-state index in [1.165, 1.54) is 0 Å². The summed E-state index contributed by atoms with van der Waals surface area (Å²) in [5.74, 6) is 0.0755. The number of nitrogens with one attached hydrogen (secondary N) is 1. The van der Waals surface area contributed by atoms with Crippen LogP contribution in [0.3, 0.4) is 0 Å². The molecular formula is C26H30Cl4N4O2. The zero-order valence-electron chi connectivity index (χ0n) is 20.1. The standard InChI is InChI=1S/C26H28Cl2N4O2.2ClH/c1-32(2)17-7-5-16(6-8-17)30-23-18(25(33)14-3-4-14)13-29-22-10-9-21(31-24(22)23)15-11-19(27)26(34)20(28)12-15;;/h9-14,16-17,34H,3-8H2,1-2H3,(H,29,30);2*1H/t16-,17-;;. The zero-order chi connectivity index (χ0) is 24.0. The Morgan fingerprint density at radius 2 is 1.67 bits per heavy atom. The normalized spacial score (nSPS) is 19.5. The molecule has 2 aliphatic rings. The summed E-state index contributed by atoms with van der Waals surface area (Å²) in [7, 11) is 4.27. The maximum Gasteiger partial charge on any atom is 0.169 e. The van der Waals surface area contributed by atoms with Gasteiger partial charge in [-0.3, -0.25) is 9.78 Å². The van der Waals surface area contributed by atoms with Crippen molar-refractivity contribution in [1.29, 1.82) is 0 Å². The number of nitrogens with zero attached hydrogens (tertiary/aromatic N) is 3. The molecule has 0 bridgehead atoms. The van der Waals surface area contributed by atoms with E-state index in [2.05, 4.69) is 29.3 Å². The van der Waals surface area contributed by atoms with Crippen LogP contribution in [0.2, 0.25) is 10.0 Å². The SMILES string of the molecule is CN(C)[C@H]1CC[C@H](Nc2c(C(=O)C3CC3)cnc3ccc(-c4cc(Cl)c(O)c(Cl)c4)nc23)CC1.Cl.Cl. The van der Waals surface area contributed by atoms with Gasteiger partial charge in [0.25, 0.3) is 0 Å². The Hall–Kier alpha value is -1.83. The van der Waals surface area contributed by atoms with E-state index in [1.54, 1.807) is 18.3 Å². The molecule has 10 heteroatoms. The molecular weight excluding hydrogens is 542 g/mol. The predicted octanol–water partition coefficient (Wildman–Crippen LogP) is 7.03. The van der Waals surface area contributed by atoms with Crippen LogP contribution in [0.25, 0.3) is 22.3 Å². The molecule has 3 aromatic rings. The van der Waals surface area contributed by atoms with Crippen LogP contribution >= 0.6 is 48.0 Å². The number of aromatic nitrogens is 2. The fourth-order valence-electron chi connectivity index (χ4n) is 4.78. The molecule has 2 saturated carbocycles. The summed E-state index contributed by atoms with van der Waals surface area (Å²) in [5.41, 5.74) is 4.11. The smallest absolute Gasteiger partial charge is 0.169 e. The van der Waals surface area contributed by atoms with Gasteiger partial charge in [0, 0.05) is 29.8 Å². The maximum atomic E-state index is 13.2. The Morgan fingerprint density at radius 1 is 1.03 bits per heavy atom. The number of hydrogen-bond donors (Lipinski definition) is 2. The molecule has 2 heterocycles. The van der Waals surface area contributed by atoms with Crippen LogP contribution in [0.15, 0.2) is 30.5 Å². The summed E-state index contributed by atoms with van der Waals surface area (Å²) < 4.78 is 0. The number of anilines is 1. The first-order valence-corrected chi connectivity index (χ1v) is 12.5. The molecule has 2 fully saturated rings. The minimum absolute atomic E-state index is 0. The Kier molecular flexibility index (Phi) is 9.34. The van der Waals surface area contributed by atoms with Gasteiger partial charge in [0.05, 0.1) is 32.5 Å². The topological polar surface area (TPSA) is 78.4 Å². The summed E-state index contributed by atoms with van der Waals surface area (Å²) in [6.07, 6.45) is 7.86. The number of carbonyl (C=O) groups is 1. The average molecular weight is 572 g/mol. The van der Waals surface area contributed by atoms with Crippen molar-refractivity contribution in [3.63, 3.8) is 0 Å². The Balaban J connectivity index is 0.00000180. The minimum Gasteiger partial charge on any atom is -0.505 e. The second kappa shape index (κ2) is 11.7. The van der Waals surface area contributed by atoms with E-state index in [9.17, 15) is 9.90 Å². The highest BCUT2D eigenvalue weighted by atomic mass is 35.5. The van der Waals surface area contributed by atoms with Crippen LogP contribution in [-0.2, 0) is 0 Å². The number of phenolic OH excluding ortho intramolecular Hbond substituents is 1. The molecule has 0 atom stereocenters. The summed E-state index contributed by atoms with van der Waals surface area (Å²) in [4.78, 5) is 24.9. The number of fused-ring (bicyclic) bond motifs is 1. The van der Waals surface area contributed by atoms with Gasteiger partial charge in [-0.1, -0.05) is 23.2 Å². The maximum absolute atomic E-state index is 13.2. The quantitative estimate of drug-likeness (QED) is 0.309. The number of aromatic hydroxyl groups is 1.